The average molecular weight is 374 g/mol. The van der Waals surface area contributed by atoms with Gasteiger partial charge in [0.25, 0.3) is 5.91 Å². The smallest absolute Gasteiger partial charge is 0.264 e. The number of hydrogen-bond acceptors (Lipinski definition) is 4. The second kappa shape index (κ2) is 8.69. The first-order chi connectivity index (χ1) is 12.6. The molecule has 1 aliphatic rings. The van der Waals surface area contributed by atoms with Crippen LogP contribution in [0.3, 0.4) is 0 Å². The van der Waals surface area contributed by atoms with E-state index in [0.717, 1.165) is 42.1 Å². The van der Waals surface area contributed by atoms with Crippen LogP contribution in [0.1, 0.15) is 45.4 Å². The van der Waals surface area contributed by atoms with Crippen LogP contribution in [-0.2, 0) is 17.7 Å². The fourth-order valence-corrected chi connectivity index (χ4v) is 4.46. The predicted octanol–water partition coefficient (Wildman–Crippen LogP) is 4.45. The molecule has 2 aromatic rings. The molecule has 1 atom stereocenters. The normalized spacial score (nSPS) is 16.7. The molecule has 1 saturated heterocycles. The van der Waals surface area contributed by atoms with Gasteiger partial charge in [-0.25, -0.2) is 0 Å². The van der Waals surface area contributed by atoms with E-state index in [4.69, 9.17) is 9.47 Å². The van der Waals surface area contributed by atoms with Gasteiger partial charge in [-0.05, 0) is 55.5 Å². The molecule has 3 rings (SSSR count). The highest BCUT2D eigenvalue weighted by Gasteiger charge is 2.25. The molecule has 0 N–H and O–H groups in total. The third-order valence-corrected chi connectivity index (χ3v) is 6.16. The van der Waals surface area contributed by atoms with Crippen LogP contribution in [0, 0.1) is 6.92 Å². The van der Waals surface area contributed by atoms with Gasteiger partial charge in [0.2, 0.25) is 0 Å². The summed E-state index contributed by atoms with van der Waals surface area (Å²) in [4.78, 5) is 17.3. The molecule has 0 aliphatic carbocycles. The lowest BCUT2D eigenvalue weighted by atomic mass is 10.1. The number of thiophene rings is 1. The van der Waals surface area contributed by atoms with Crippen molar-refractivity contribution in [2.75, 3.05) is 20.3 Å². The maximum atomic E-state index is 13.2. The van der Waals surface area contributed by atoms with E-state index < -0.39 is 0 Å². The zero-order chi connectivity index (χ0) is 18.5. The summed E-state index contributed by atoms with van der Waals surface area (Å²) in [6, 6.07) is 9.95. The maximum absolute atomic E-state index is 13.2. The van der Waals surface area contributed by atoms with E-state index in [9.17, 15) is 4.79 Å². The number of nitrogens with zero attached hydrogens (tertiary/aromatic N) is 1. The second-order valence-corrected chi connectivity index (χ2v) is 7.88. The van der Waals surface area contributed by atoms with E-state index >= 15 is 0 Å². The number of methoxy groups -OCH3 is 1. The molecule has 1 aliphatic heterocycles. The summed E-state index contributed by atoms with van der Waals surface area (Å²) < 4.78 is 11.1. The largest absolute Gasteiger partial charge is 0.497 e. The molecule has 0 bridgehead atoms. The number of carbonyl (C=O) groups excluding carboxylic acids is 1. The van der Waals surface area contributed by atoms with Crippen molar-refractivity contribution in [3.63, 3.8) is 0 Å². The maximum Gasteiger partial charge on any atom is 0.264 e. The number of amides is 1. The Labute approximate surface area is 159 Å². The zero-order valence-electron chi connectivity index (χ0n) is 15.8. The lowest BCUT2D eigenvalue weighted by Gasteiger charge is -2.25. The molecule has 0 radical (unpaired) electrons. The Bertz CT molecular complexity index is 749. The Hall–Kier alpha value is -1.85. The van der Waals surface area contributed by atoms with E-state index in [-0.39, 0.29) is 12.0 Å². The van der Waals surface area contributed by atoms with Crippen molar-refractivity contribution in [3.8, 4) is 5.75 Å². The number of ether oxygens (including phenoxy) is 2. The summed E-state index contributed by atoms with van der Waals surface area (Å²) in [6.07, 6.45) is 3.19. The number of hydrogen-bond donors (Lipinski definition) is 0. The van der Waals surface area contributed by atoms with E-state index in [1.165, 1.54) is 10.4 Å². The highest BCUT2D eigenvalue weighted by molar-refractivity contribution is 7.14. The van der Waals surface area contributed by atoms with Crippen LogP contribution in [0.4, 0.5) is 0 Å². The summed E-state index contributed by atoms with van der Waals surface area (Å²) in [5, 5.41) is 0. The number of aryl methyl sites for hydroxylation is 2. The minimum absolute atomic E-state index is 0.0936. The van der Waals surface area contributed by atoms with Crippen LogP contribution in [0.2, 0.25) is 0 Å². The third kappa shape index (κ3) is 4.46. The lowest BCUT2D eigenvalue weighted by molar-refractivity contribution is 0.0510. The van der Waals surface area contributed by atoms with Crippen molar-refractivity contribution in [1.82, 2.24) is 4.90 Å². The van der Waals surface area contributed by atoms with Crippen molar-refractivity contribution < 1.29 is 14.3 Å². The van der Waals surface area contributed by atoms with E-state index in [1.54, 1.807) is 18.4 Å². The highest BCUT2D eigenvalue weighted by atomic mass is 32.1. The Morgan fingerprint density at radius 2 is 2.23 bits per heavy atom. The lowest BCUT2D eigenvalue weighted by Crippen LogP contribution is -2.36. The monoisotopic (exact) mass is 373 g/mol. The molecule has 2 heterocycles. The van der Waals surface area contributed by atoms with Gasteiger partial charge < -0.3 is 14.4 Å². The molecule has 1 aromatic carbocycles. The summed E-state index contributed by atoms with van der Waals surface area (Å²) in [5.41, 5.74) is 2.28. The van der Waals surface area contributed by atoms with Crippen LogP contribution in [0.15, 0.2) is 30.3 Å². The Kier molecular flexibility index (Phi) is 6.33. The first-order valence-corrected chi connectivity index (χ1v) is 10.1. The Morgan fingerprint density at radius 3 is 2.88 bits per heavy atom. The van der Waals surface area contributed by atoms with Crippen molar-refractivity contribution in [1.29, 1.82) is 0 Å². The molecule has 1 fully saturated rings. The van der Waals surface area contributed by atoms with Crippen LogP contribution in [-0.4, -0.2) is 37.2 Å². The van der Waals surface area contributed by atoms with Crippen molar-refractivity contribution in [2.45, 2.75) is 45.8 Å². The van der Waals surface area contributed by atoms with Gasteiger partial charge >= 0.3 is 0 Å². The molecule has 26 heavy (non-hydrogen) atoms. The van der Waals surface area contributed by atoms with Gasteiger partial charge in [0, 0.05) is 24.6 Å². The van der Waals surface area contributed by atoms with Gasteiger partial charge in [-0.2, -0.15) is 0 Å². The van der Waals surface area contributed by atoms with Crippen LogP contribution in [0.25, 0.3) is 0 Å². The Morgan fingerprint density at radius 1 is 1.38 bits per heavy atom. The van der Waals surface area contributed by atoms with Crippen molar-refractivity contribution >= 4 is 17.2 Å². The van der Waals surface area contributed by atoms with Gasteiger partial charge in [-0.1, -0.05) is 19.1 Å². The summed E-state index contributed by atoms with van der Waals surface area (Å²) >= 11 is 1.62. The molecule has 5 heteroatoms. The molecular weight excluding hydrogens is 346 g/mol. The van der Waals surface area contributed by atoms with Gasteiger partial charge in [-0.15, -0.1) is 11.3 Å². The SMILES string of the molecule is CCc1sc(C(=O)N(Cc2cccc(OC)c2)C[C@H]2CCCO2)cc1C. The van der Waals surface area contributed by atoms with Crippen LogP contribution in [0.5, 0.6) is 5.75 Å². The van der Waals surface area contributed by atoms with Crippen LogP contribution >= 0.6 is 11.3 Å². The molecule has 0 spiro atoms. The average Bonchev–Trinajstić information content (AvgIpc) is 3.30. The van der Waals surface area contributed by atoms with Crippen molar-refractivity contribution in [3.05, 3.63) is 51.2 Å². The molecule has 0 unspecified atom stereocenters. The molecule has 0 saturated carbocycles. The fraction of sp³-hybridized carbons (Fsp3) is 0.476. The van der Waals surface area contributed by atoms with E-state index in [2.05, 4.69) is 13.8 Å². The minimum Gasteiger partial charge on any atom is -0.497 e. The molecule has 1 amide bonds. The predicted molar refractivity (Wildman–Crippen MR) is 105 cm³/mol. The van der Waals surface area contributed by atoms with Gasteiger partial charge in [0.15, 0.2) is 0 Å². The first-order valence-electron chi connectivity index (χ1n) is 9.23. The zero-order valence-corrected chi connectivity index (χ0v) is 16.6. The minimum atomic E-state index is 0.0936. The first kappa shape index (κ1) is 18.9. The van der Waals surface area contributed by atoms with Gasteiger partial charge in [-0.3, -0.25) is 4.79 Å². The fourth-order valence-electron chi connectivity index (χ4n) is 3.38. The third-order valence-electron chi connectivity index (χ3n) is 4.80. The van der Waals surface area contributed by atoms with E-state index in [1.807, 2.05) is 35.2 Å². The Balaban J connectivity index is 1.82. The number of benzene rings is 1. The molecular formula is C21H27NO3S. The summed E-state index contributed by atoms with van der Waals surface area (Å²) in [7, 11) is 1.66. The van der Waals surface area contributed by atoms with Crippen LogP contribution < -0.4 is 4.74 Å². The molecule has 1 aromatic heterocycles. The quantitative estimate of drug-likeness (QED) is 0.720. The van der Waals surface area contributed by atoms with Gasteiger partial charge in [0.1, 0.15) is 5.75 Å². The van der Waals surface area contributed by atoms with Gasteiger partial charge in [0.05, 0.1) is 18.1 Å². The molecule has 140 valence electrons. The number of carbonyl (C=O) groups is 1. The second-order valence-electron chi connectivity index (χ2n) is 6.74. The summed E-state index contributed by atoms with van der Waals surface area (Å²) in [5.74, 6) is 0.906. The standard InChI is InChI=1S/C21H27NO3S/c1-4-19-15(2)11-20(26-19)21(23)22(14-18-9-6-10-25-18)13-16-7-5-8-17(12-16)24-3/h5,7-8,11-12,18H,4,6,9-10,13-14H2,1-3H3/t18-/m1/s1. The topological polar surface area (TPSA) is 38.8 Å². The highest BCUT2D eigenvalue weighted by Crippen LogP contribution is 2.26. The summed E-state index contributed by atoms with van der Waals surface area (Å²) in [6.45, 7) is 6.21. The molecule has 4 nitrogen and oxygen atoms in total. The van der Waals surface area contributed by atoms with Crippen molar-refractivity contribution in [2.24, 2.45) is 0 Å². The number of rotatable bonds is 7. The van der Waals surface area contributed by atoms with E-state index in [0.29, 0.717) is 13.1 Å².